The first kappa shape index (κ1) is 11.5. The summed E-state index contributed by atoms with van der Waals surface area (Å²) in [5.41, 5.74) is 1.27. The highest BCUT2D eigenvalue weighted by Gasteiger charge is 2.05. The maximum atomic E-state index is 5.31. The molecule has 0 aliphatic rings. The Bertz CT molecular complexity index is 317. The van der Waals surface area contributed by atoms with Gasteiger partial charge in [0.25, 0.3) is 0 Å². The van der Waals surface area contributed by atoms with E-state index < -0.39 is 0 Å². The maximum Gasteiger partial charge on any atom is 0.140 e. The molecular formula is C11H16BrNO. The van der Waals surface area contributed by atoms with Gasteiger partial charge in [0.05, 0.1) is 10.7 Å². The van der Waals surface area contributed by atoms with Crippen LogP contribution < -0.4 is 5.32 Å². The van der Waals surface area contributed by atoms with Crippen molar-refractivity contribution >= 4 is 22.0 Å². The smallest absolute Gasteiger partial charge is 0.140 e. The van der Waals surface area contributed by atoms with Crippen molar-refractivity contribution in [3.05, 3.63) is 28.1 Å². The molecule has 1 rings (SSSR count). The molecule has 1 aromatic rings. The molecule has 0 aromatic carbocycles. The fraction of sp³-hybridized carbons (Fsp3) is 0.455. The second-order valence-electron chi connectivity index (χ2n) is 3.30. The lowest BCUT2D eigenvalue weighted by Crippen LogP contribution is -2.26. The molecule has 0 spiro atoms. The molecule has 0 saturated carbocycles. The number of furan rings is 1. The van der Waals surface area contributed by atoms with Gasteiger partial charge in [-0.05, 0) is 48.5 Å². The van der Waals surface area contributed by atoms with E-state index in [1.807, 2.05) is 6.07 Å². The second-order valence-corrected chi connectivity index (χ2v) is 4.15. The van der Waals surface area contributed by atoms with Crippen molar-refractivity contribution in [1.29, 1.82) is 0 Å². The van der Waals surface area contributed by atoms with E-state index in [9.17, 15) is 0 Å². The molecule has 1 atom stereocenters. The van der Waals surface area contributed by atoms with E-state index >= 15 is 0 Å². The molecule has 1 aromatic heterocycles. The van der Waals surface area contributed by atoms with Gasteiger partial charge in [-0.3, -0.25) is 0 Å². The van der Waals surface area contributed by atoms with Crippen molar-refractivity contribution < 1.29 is 4.42 Å². The fourth-order valence-corrected chi connectivity index (χ4v) is 1.52. The van der Waals surface area contributed by atoms with E-state index in [-0.39, 0.29) is 0 Å². The van der Waals surface area contributed by atoms with Crippen LogP contribution in [0.15, 0.2) is 26.8 Å². The number of halogens is 1. The number of hydrogen-bond acceptors (Lipinski definition) is 2. The van der Waals surface area contributed by atoms with Gasteiger partial charge in [0.1, 0.15) is 5.76 Å². The molecular weight excluding hydrogens is 242 g/mol. The third-order valence-electron chi connectivity index (χ3n) is 2.20. The van der Waals surface area contributed by atoms with E-state index in [1.165, 1.54) is 5.57 Å². The van der Waals surface area contributed by atoms with Crippen LogP contribution in [0.3, 0.4) is 0 Å². The Hall–Kier alpha value is -0.540. The van der Waals surface area contributed by atoms with Crippen LogP contribution in [-0.2, 0) is 0 Å². The Labute approximate surface area is 93.5 Å². The average Bonchev–Trinajstić information content (AvgIpc) is 2.52. The highest BCUT2D eigenvalue weighted by Crippen LogP contribution is 2.21. The summed E-state index contributed by atoms with van der Waals surface area (Å²) in [6.07, 6.45) is 3.73. The number of nitrogens with one attached hydrogen (secondary N) is 1. The zero-order chi connectivity index (χ0) is 10.6. The summed E-state index contributed by atoms with van der Waals surface area (Å²) in [5, 5.41) is 3.35. The minimum Gasteiger partial charge on any atom is -0.464 e. The highest BCUT2D eigenvalue weighted by atomic mass is 79.9. The molecule has 3 heteroatoms. The van der Waals surface area contributed by atoms with Crippen LogP contribution in [0.2, 0.25) is 0 Å². The number of rotatable bonds is 4. The minimum absolute atomic E-state index is 0.386. The van der Waals surface area contributed by atoms with Crippen molar-refractivity contribution in [2.24, 2.45) is 0 Å². The summed E-state index contributed by atoms with van der Waals surface area (Å²) in [6, 6.07) is 2.29. The summed E-state index contributed by atoms with van der Waals surface area (Å²) < 4.78 is 6.31. The molecule has 0 aliphatic heterocycles. The van der Waals surface area contributed by atoms with Gasteiger partial charge in [0.2, 0.25) is 0 Å². The monoisotopic (exact) mass is 257 g/mol. The highest BCUT2D eigenvalue weighted by molar-refractivity contribution is 9.10. The van der Waals surface area contributed by atoms with E-state index in [0.29, 0.717) is 6.04 Å². The van der Waals surface area contributed by atoms with Gasteiger partial charge in [-0.1, -0.05) is 12.5 Å². The molecule has 0 amide bonds. The van der Waals surface area contributed by atoms with Crippen molar-refractivity contribution in [3.8, 4) is 0 Å². The molecule has 0 radical (unpaired) electrons. The lowest BCUT2D eigenvalue weighted by molar-refractivity contribution is 0.553. The zero-order valence-corrected chi connectivity index (χ0v) is 10.4. The van der Waals surface area contributed by atoms with E-state index in [1.54, 1.807) is 6.26 Å². The molecule has 0 saturated heterocycles. The van der Waals surface area contributed by atoms with Crippen molar-refractivity contribution in [3.63, 3.8) is 0 Å². The lowest BCUT2D eigenvalue weighted by atomic mass is 10.1. The second kappa shape index (κ2) is 5.37. The van der Waals surface area contributed by atoms with Gasteiger partial charge in [-0.2, -0.15) is 0 Å². The molecule has 0 fully saturated rings. The summed E-state index contributed by atoms with van der Waals surface area (Å²) in [5.74, 6) is 0.882. The predicted octanol–water partition coefficient (Wildman–Crippen LogP) is 3.44. The molecule has 78 valence electrons. The Morgan fingerprint density at radius 2 is 2.43 bits per heavy atom. The quantitative estimate of drug-likeness (QED) is 0.894. The fourth-order valence-electron chi connectivity index (χ4n) is 1.21. The molecule has 1 N–H and O–H groups in total. The Morgan fingerprint density at radius 3 is 2.93 bits per heavy atom. The van der Waals surface area contributed by atoms with E-state index in [0.717, 1.165) is 16.8 Å². The molecule has 2 nitrogen and oxygen atoms in total. The summed E-state index contributed by atoms with van der Waals surface area (Å²) >= 11 is 3.42. The van der Waals surface area contributed by atoms with Gasteiger partial charge < -0.3 is 9.73 Å². The van der Waals surface area contributed by atoms with Gasteiger partial charge in [0.15, 0.2) is 0 Å². The first-order chi connectivity index (χ1) is 6.65. The topological polar surface area (TPSA) is 25.2 Å². The molecule has 1 unspecified atom stereocenters. The summed E-state index contributed by atoms with van der Waals surface area (Å²) in [7, 11) is 0. The van der Waals surface area contributed by atoms with Crippen molar-refractivity contribution in [1.82, 2.24) is 5.32 Å². The van der Waals surface area contributed by atoms with Crippen LogP contribution >= 0.6 is 15.9 Å². The maximum absolute atomic E-state index is 5.31. The lowest BCUT2D eigenvalue weighted by Gasteiger charge is -2.12. The SMILES string of the molecule is CCNC(C)/C(C)=C/c1occc1Br. The van der Waals surface area contributed by atoms with Crippen molar-refractivity contribution in [2.45, 2.75) is 26.8 Å². The number of likely N-dealkylation sites (N-methyl/N-ethyl adjacent to an activating group) is 1. The summed E-state index contributed by atoms with van der Waals surface area (Å²) in [4.78, 5) is 0. The first-order valence-electron chi connectivity index (χ1n) is 4.79. The van der Waals surface area contributed by atoms with Gasteiger partial charge in [-0.25, -0.2) is 0 Å². The first-order valence-corrected chi connectivity index (χ1v) is 5.59. The van der Waals surface area contributed by atoms with Gasteiger partial charge >= 0.3 is 0 Å². The Kier molecular flexibility index (Phi) is 4.42. The predicted molar refractivity (Wildman–Crippen MR) is 63.2 cm³/mol. The van der Waals surface area contributed by atoms with Crippen molar-refractivity contribution in [2.75, 3.05) is 6.54 Å². The molecule has 14 heavy (non-hydrogen) atoms. The summed E-state index contributed by atoms with van der Waals surface area (Å²) in [6.45, 7) is 7.33. The van der Waals surface area contributed by atoms with Crippen LogP contribution in [0.5, 0.6) is 0 Å². The Balaban J connectivity index is 2.73. The van der Waals surface area contributed by atoms with E-state index in [4.69, 9.17) is 4.42 Å². The van der Waals surface area contributed by atoms with Crippen LogP contribution in [-0.4, -0.2) is 12.6 Å². The number of hydrogen-bond donors (Lipinski definition) is 1. The van der Waals surface area contributed by atoms with Crippen LogP contribution in [0.25, 0.3) is 6.08 Å². The van der Waals surface area contributed by atoms with Crippen LogP contribution in [0, 0.1) is 0 Å². The molecule has 1 heterocycles. The molecule has 0 bridgehead atoms. The van der Waals surface area contributed by atoms with Crippen LogP contribution in [0.1, 0.15) is 26.5 Å². The standard InChI is InChI=1S/C11H16BrNO/c1-4-13-9(3)8(2)7-11-10(12)5-6-14-11/h5-7,9,13H,4H2,1-3H3/b8-7+. The largest absolute Gasteiger partial charge is 0.464 e. The third-order valence-corrected chi connectivity index (χ3v) is 2.85. The van der Waals surface area contributed by atoms with E-state index in [2.05, 4.69) is 48.1 Å². The normalized spacial score (nSPS) is 14.4. The Morgan fingerprint density at radius 1 is 1.71 bits per heavy atom. The minimum atomic E-state index is 0.386. The van der Waals surface area contributed by atoms with Crippen LogP contribution in [0.4, 0.5) is 0 Å². The average molecular weight is 258 g/mol. The van der Waals surface area contributed by atoms with Gasteiger partial charge in [-0.15, -0.1) is 0 Å². The van der Waals surface area contributed by atoms with Gasteiger partial charge in [0, 0.05) is 6.04 Å². The molecule has 0 aliphatic carbocycles. The third kappa shape index (κ3) is 3.00. The zero-order valence-electron chi connectivity index (χ0n) is 8.80.